The van der Waals surface area contributed by atoms with Gasteiger partial charge in [0, 0.05) is 25.6 Å². The Morgan fingerprint density at radius 1 is 1.53 bits per heavy atom. The molecular weight excluding hydrogens is 246 g/mol. The summed E-state index contributed by atoms with van der Waals surface area (Å²) in [5, 5.41) is 18.9. The lowest BCUT2D eigenvalue weighted by Crippen LogP contribution is -2.47. The summed E-state index contributed by atoms with van der Waals surface area (Å²) in [4.78, 5) is 15.9. The van der Waals surface area contributed by atoms with Crippen molar-refractivity contribution in [2.24, 2.45) is 13.0 Å². The fraction of sp³-hybridized carbons (Fsp3) is 0.750. The number of carbonyl (C=O) groups excluding carboxylic acids is 1. The van der Waals surface area contributed by atoms with Crippen molar-refractivity contribution < 1.29 is 9.90 Å². The predicted molar refractivity (Wildman–Crippen MR) is 69.2 cm³/mol. The number of hydrogen-bond acceptors (Lipinski definition) is 4. The van der Waals surface area contributed by atoms with Gasteiger partial charge in [-0.3, -0.25) is 4.68 Å². The Morgan fingerprint density at radius 2 is 2.32 bits per heavy atom. The highest BCUT2D eigenvalue weighted by Gasteiger charge is 2.25. The first-order valence-electron chi connectivity index (χ1n) is 6.69. The Kier molecular flexibility index (Phi) is 4.73. The second-order valence-electron chi connectivity index (χ2n) is 4.96. The molecule has 1 heterocycles. The number of rotatable bonds is 4. The minimum absolute atomic E-state index is 0.0678. The van der Waals surface area contributed by atoms with Crippen LogP contribution in [-0.4, -0.2) is 38.6 Å². The van der Waals surface area contributed by atoms with E-state index in [0.29, 0.717) is 12.4 Å². The number of urea groups is 1. The third kappa shape index (κ3) is 3.66. The molecule has 0 saturated heterocycles. The van der Waals surface area contributed by atoms with Crippen LogP contribution in [0, 0.1) is 5.92 Å². The molecule has 106 valence electrons. The van der Waals surface area contributed by atoms with Crippen LogP contribution in [0.3, 0.4) is 0 Å². The summed E-state index contributed by atoms with van der Waals surface area (Å²) < 4.78 is 1.62. The van der Waals surface area contributed by atoms with Gasteiger partial charge in [0.05, 0.1) is 6.54 Å². The lowest BCUT2D eigenvalue weighted by atomic mass is 9.85. The van der Waals surface area contributed by atoms with Crippen LogP contribution in [0.1, 0.15) is 31.5 Å². The first-order chi connectivity index (χ1) is 9.20. The zero-order valence-electron chi connectivity index (χ0n) is 11.2. The number of aliphatic hydroxyl groups is 1. The molecule has 7 nitrogen and oxygen atoms in total. The maximum atomic E-state index is 11.8. The molecule has 0 spiro atoms. The molecule has 0 aromatic carbocycles. The molecule has 1 saturated carbocycles. The molecule has 1 fully saturated rings. The van der Waals surface area contributed by atoms with E-state index in [4.69, 9.17) is 0 Å². The molecule has 3 N–H and O–H groups in total. The van der Waals surface area contributed by atoms with Crippen LogP contribution in [-0.2, 0) is 13.6 Å². The first-order valence-corrected chi connectivity index (χ1v) is 6.69. The number of carbonyl (C=O) groups is 1. The maximum Gasteiger partial charge on any atom is 0.315 e. The number of nitrogens with one attached hydrogen (secondary N) is 2. The van der Waals surface area contributed by atoms with Gasteiger partial charge in [0.2, 0.25) is 0 Å². The van der Waals surface area contributed by atoms with E-state index in [9.17, 15) is 9.90 Å². The van der Waals surface area contributed by atoms with E-state index in [2.05, 4.69) is 20.7 Å². The van der Waals surface area contributed by atoms with Crippen molar-refractivity contribution in [3.8, 4) is 0 Å². The molecule has 0 bridgehead atoms. The molecule has 0 radical (unpaired) electrons. The average Bonchev–Trinajstić information content (AvgIpc) is 2.82. The minimum atomic E-state index is -0.214. The fourth-order valence-corrected chi connectivity index (χ4v) is 2.48. The van der Waals surface area contributed by atoms with Gasteiger partial charge in [-0.25, -0.2) is 9.78 Å². The summed E-state index contributed by atoms with van der Waals surface area (Å²) in [7, 11) is 1.78. The SMILES string of the molecule is Cn1ncnc1CNC(=O)NC1CCCCC1CO. The third-order valence-electron chi connectivity index (χ3n) is 3.67. The quantitative estimate of drug-likeness (QED) is 0.725. The number of nitrogens with zero attached hydrogens (tertiary/aromatic N) is 3. The summed E-state index contributed by atoms with van der Waals surface area (Å²) in [6.45, 7) is 0.479. The summed E-state index contributed by atoms with van der Waals surface area (Å²) in [6, 6.07) is -0.147. The number of aromatic nitrogens is 3. The van der Waals surface area contributed by atoms with Crippen molar-refractivity contribution in [2.75, 3.05) is 6.61 Å². The van der Waals surface area contributed by atoms with Crippen LogP contribution < -0.4 is 10.6 Å². The van der Waals surface area contributed by atoms with Gasteiger partial charge >= 0.3 is 6.03 Å². The second-order valence-corrected chi connectivity index (χ2v) is 4.96. The van der Waals surface area contributed by atoms with Gasteiger partial charge in [0.1, 0.15) is 12.2 Å². The van der Waals surface area contributed by atoms with Crippen molar-refractivity contribution in [1.82, 2.24) is 25.4 Å². The smallest absolute Gasteiger partial charge is 0.315 e. The molecule has 2 amide bonds. The van der Waals surface area contributed by atoms with Crippen LogP contribution in [0.15, 0.2) is 6.33 Å². The number of amides is 2. The zero-order valence-corrected chi connectivity index (χ0v) is 11.2. The predicted octanol–water partition coefficient (Wildman–Crippen LogP) is 0.165. The zero-order chi connectivity index (χ0) is 13.7. The highest BCUT2D eigenvalue weighted by atomic mass is 16.3. The lowest BCUT2D eigenvalue weighted by Gasteiger charge is -2.30. The summed E-state index contributed by atoms with van der Waals surface area (Å²) >= 11 is 0. The Morgan fingerprint density at radius 3 is 3.00 bits per heavy atom. The number of aliphatic hydroxyl groups excluding tert-OH is 1. The van der Waals surface area contributed by atoms with E-state index >= 15 is 0 Å². The molecule has 1 aromatic heterocycles. The first kappa shape index (κ1) is 13.8. The average molecular weight is 267 g/mol. The summed E-state index contributed by atoms with van der Waals surface area (Å²) in [6.07, 6.45) is 5.60. The second kappa shape index (κ2) is 6.51. The highest BCUT2D eigenvalue weighted by Crippen LogP contribution is 2.23. The molecule has 1 aliphatic carbocycles. The molecule has 2 unspecified atom stereocenters. The lowest BCUT2D eigenvalue weighted by molar-refractivity contribution is 0.153. The molecule has 2 rings (SSSR count). The Bertz CT molecular complexity index is 420. The van der Waals surface area contributed by atoms with Crippen molar-refractivity contribution in [2.45, 2.75) is 38.3 Å². The number of hydrogen-bond donors (Lipinski definition) is 3. The molecular formula is C12H21N5O2. The van der Waals surface area contributed by atoms with Gasteiger partial charge in [-0.1, -0.05) is 12.8 Å². The molecule has 7 heteroatoms. The van der Waals surface area contributed by atoms with Crippen LogP contribution in [0.5, 0.6) is 0 Å². The van der Waals surface area contributed by atoms with Crippen LogP contribution in [0.2, 0.25) is 0 Å². The standard InChI is InChI=1S/C12H21N5O2/c1-17-11(14-8-15-17)6-13-12(19)16-10-5-3-2-4-9(10)7-18/h8-10,18H,2-7H2,1H3,(H2,13,16,19). The van der Waals surface area contributed by atoms with Gasteiger partial charge in [-0.2, -0.15) is 5.10 Å². The normalized spacial score (nSPS) is 23.1. The van der Waals surface area contributed by atoms with Gasteiger partial charge in [0.25, 0.3) is 0 Å². The molecule has 19 heavy (non-hydrogen) atoms. The summed E-state index contributed by atoms with van der Waals surface area (Å²) in [5.74, 6) is 0.881. The van der Waals surface area contributed by atoms with Gasteiger partial charge in [0.15, 0.2) is 0 Å². The van der Waals surface area contributed by atoms with E-state index in [1.54, 1.807) is 11.7 Å². The largest absolute Gasteiger partial charge is 0.396 e. The third-order valence-corrected chi connectivity index (χ3v) is 3.67. The van der Waals surface area contributed by atoms with E-state index in [-0.39, 0.29) is 24.6 Å². The fourth-order valence-electron chi connectivity index (χ4n) is 2.48. The Hall–Kier alpha value is -1.63. The monoisotopic (exact) mass is 267 g/mol. The molecule has 1 aliphatic rings. The minimum Gasteiger partial charge on any atom is -0.396 e. The number of aryl methyl sites for hydroxylation is 1. The van der Waals surface area contributed by atoms with Gasteiger partial charge in [-0.05, 0) is 12.8 Å². The van der Waals surface area contributed by atoms with Gasteiger partial charge in [-0.15, -0.1) is 0 Å². The van der Waals surface area contributed by atoms with E-state index in [1.807, 2.05) is 0 Å². The molecule has 1 aromatic rings. The van der Waals surface area contributed by atoms with Crippen LogP contribution in [0.25, 0.3) is 0 Å². The van der Waals surface area contributed by atoms with E-state index in [0.717, 1.165) is 25.7 Å². The van der Waals surface area contributed by atoms with Crippen molar-refractivity contribution in [1.29, 1.82) is 0 Å². The Labute approximate surface area is 112 Å². The maximum absolute atomic E-state index is 11.8. The van der Waals surface area contributed by atoms with Crippen molar-refractivity contribution >= 4 is 6.03 Å². The van der Waals surface area contributed by atoms with E-state index < -0.39 is 0 Å². The van der Waals surface area contributed by atoms with Crippen LogP contribution in [0.4, 0.5) is 4.79 Å². The van der Waals surface area contributed by atoms with Crippen molar-refractivity contribution in [3.63, 3.8) is 0 Å². The summed E-state index contributed by atoms with van der Waals surface area (Å²) in [5.41, 5.74) is 0. The molecule has 2 atom stereocenters. The van der Waals surface area contributed by atoms with Crippen LogP contribution >= 0.6 is 0 Å². The molecule has 0 aliphatic heterocycles. The topological polar surface area (TPSA) is 92.1 Å². The Balaban J connectivity index is 1.79. The highest BCUT2D eigenvalue weighted by molar-refractivity contribution is 5.74. The van der Waals surface area contributed by atoms with E-state index in [1.165, 1.54) is 6.33 Å². The van der Waals surface area contributed by atoms with Crippen molar-refractivity contribution in [3.05, 3.63) is 12.2 Å². The van der Waals surface area contributed by atoms with Gasteiger partial charge < -0.3 is 15.7 Å².